The van der Waals surface area contributed by atoms with E-state index in [0.717, 1.165) is 17.1 Å². The van der Waals surface area contributed by atoms with E-state index >= 15 is 0 Å². The molecule has 19 heavy (non-hydrogen) atoms. The lowest BCUT2D eigenvalue weighted by Gasteiger charge is -2.16. The average Bonchev–Trinajstić information content (AvgIpc) is 2.69. The van der Waals surface area contributed by atoms with Gasteiger partial charge in [-0.05, 0) is 23.8 Å². The van der Waals surface area contributed by atoms with Crippen molar-refractivity contribution in [3.63, 3.8) is 0 Å². The Balaban J connectivity index is 2.11. The van der Waals surface area contributed by atoms with E-state index in [1.165, 1.54) is 5.56 Å². The second kappa shape index (κ2) is 5.19. The molecule has 1 atom stereocenters. The van der Waals surface area contributed by atoms with Crippen LogP contribution in [0.5, 0.6) is 11.5 Å². The number of methoxy groups -OCH3 is 1. The third kappa shape index (κ3) is 2.34. The molecule has 0 amide bonds. The molecule has 2 aromatic rings. The summed E-state index contributed by atoms with van der Waals surface area (Å²) in [5.41, 5.74) is 2.41. The Bertz CT molecular complexity index is 587. The van der Waals surface area contributed by atoms with Crippen molar-refractivity contribution in [2.45, 2.75) is 5.92 Å². The van der Waals surface area contributed by atoms with Crippen LogP contribution in [0.2, 0.25) is 0 Å². The first-order valence-corrected chi connectivity index (χ1v) is 6.41. The summed E-state index contributed by atoms with van der Waals surface area (Å²) in [6.07, 6.45) is 4.27. The van der Waals surface area contributed by atoms with Gasteiger partial charge in [0.1, 0.15) is 18.1 Å². The number of hydrogen-bond acceptors (Lipinski definition) is 2. The Kier molecular flexibility index (Phi) is 3.23. The van der Waals surface area contributed by atoms with Crippen LogP contribution in [0.15, 0.2) is 60.7 Å². The molecule has 1 heterocycles. The monoisotopic (exact) mass is 252 g/mol. The largest absolute Gasteiger partial charge is 0.497 e. The Morgan fingerprint density at radius 2 is 1.95 bits per heavy atom. The van der Waals surface area contributed by atoms with E-state index < -0.39 is 0 Å². The van der Waals surface area contributed by atoms with Crippen LogP contribution in [-0.2, 0) is 0 Å². The van der Waals surface area contributed by atoms with Gasteiger partial charge in [0.15, 0.2) is 0 Å². The lowest BCUT2D eigenvalue weighted by molar-refractivity contribution is 0.360. The molecule has 0 spiro atoms. The van der Waals surface area contributed by atoms with Crippen LogP contribution >= 0.6 is 0 Å². The Labute approximate surface area is 113 Å². The highest BCUT2D eigenvalue weighted by molar-refractivity contribution is 5.49. The zero-order valence-electron chi connectivity index (χ0n) is 10.9. The van der Waals surface area contributed by atoms with E-state index in [9.17, 15) is 0 Å². The number of rotatable bonds is 2. The van der Waals surface area contributed by atoms with Gasteiger partial charge in [0, 0.05) is 11.5 Å². The zero-order valence-corrected chi connectivity index (χ0v) is 10.9. The molecule has 0 fully saturated rings. The van der Waals surface area contributed by atoms with E-state index in [-0.39, 0.29) is 5.92 Å². The Hall–Kier alpha value is -2.22. The molecule has 0 saturated carbocycles. The van der Waals surface area contributed by atoms with E-state index in [1.807, 2.05) is 18.2 Å². The summed E-state index contributed by atoms with van der Waals surface area (Å²) in [4.78, 5) is 0. The highest BCUT2D eigenvalue weighted by Crippen LogP contribution is 2.37. The lowest BCUT2D eigenvalue weighted by atomic mass is 9.90. The van der Waals surface area contributed by atoms with Crippen LogP contribution in [-0.4, -0.2) is 13.7 Å². The van der Waals surface area contributed by atoms with Crippen molar-refractivity contribution in [2.75, 3.05) is 13.7 Å². The Morgan fingerprint density at radius 3 is 2.74 bits per heavy atom. The number of ether oxygens (including phenoxy) is 2. The Morgan fingerprint density at radius 1 is 1.11 bits per heavy atom. The van der Waals surface area contributed by atoms with Crippen molar-refractivity contribution < 1.29 is 9.47 Å². The topological polar surface area (TPSA) is 18.5 Å². The highest BCUT2D eigenvalue weighted by Gasteiger charge is 2.18. The van der Waals surface area contributed by atoms with Gasteiger partial charge in [-0.15, -0.1) is 0 Å². The van der Waals surface area contributed by atoms with Gasteiger partial charge >= 0.3 is 0 Å². The van der Waals surface area contributed by atoms with Gasteiger partial charge < -0.3 is 9.47 Å². The van der Waals surface area contributed by atoms with Crippen LogP contribution in [0.3, 0.4) is 0 Å². The van der Waals surface area contributed by atoms with Crippen LogP contribution in [0.25, 0.3) is 0 Å². The summed E-state index contributed by atoms with van der Waals surface area (Å²) in [7, 11) is 1.69. The summed E-state index contributed by atoms with van der Waals surface area (Å²) in [6, 6.07) is 16.4. The van der Waals surface area contributed by atoms with Gasteiger partial charge in [-0.1, -0.05) is 42.5 Å². The molecular weight excluding hydrogens is 236 g/mol. The minimum absolute atomic E-state index is 0.216. The molecule has 2 nitrogen and oxygen atoms in total. The maximum atomic E-state index is 5.76. The van der Waals surface area contributed by atoms with Crippen molar-refractivity contribution in [3.05, 3.63) is 71.8 Å². The molecule has 0 bridgehead atoms. The van der Waals surface area contributed by atoms with Crippen LogP contribution < -0.4 is 9.47 Å². The molecule has 1 unspecified atom stereocenters. The van der Waals surface area contributed by atoms with Gasteiger partial charge in [0.25, 0.3) is 0 Å². The van der Waals surface area contributed by atoms with Gasteiger partial charge in [0.05, 0.1) is 7.11 Å². The first-order chi connectivity index (χ1) is 9.38. The number of benzene rings is 2. The normalized spacial score (nSPS) is 17.2. The van der Waals surface area contributed by atoms with Gasteiger partial charge in [-0.3, -0.25) is 0 Å². The maximum Gasteiger partial charge on any atom is 0.124 e. The average molecular weight is 252 g/mol. The molecule has 0 radical (unpaired) electrons. The molecule has 2 heteroatoms. The molecule has 0 aliphatic carbocycles. The molecule has 0 aromatic heterocycles. The molecule has 3 rings (SSSR count). The minimum atomic E-state index is 0.216. The lowest BCUT2D eigenvalue weighted by Crippen LogP contribution is -2.00. The van der Waals surface area contributed by atoms with Crippen LogP contribution in [0.4, 0.5) is 0 Å². The predicted molar refractivity (Wildman–Crippen MR) is 75.9 cm³/mol. The van der Waals surface area contributed by atoms with Gasteiger partial charge in [-0.2, -0.15) is 0 Å². The van der Waals surface area contributed by atoms with E-state index in [2.05, 4.69) is 42.5 Å². The van der Waals surface area contributed by atoms with E-state index in [1.54, 1.807) is 7.11 Å². The molecule has 96 valence electrons. The van der Waals surface area contributed by atoms with Crippen molar-refractivity contribution >= 4 is 0 Å². The third-order valence-electron chi connectivity index (χ3n) is 3.37. The standard InChI is InChI=1S/C17H16O2/c1-18-14-9-10-17-16(12-14)15(8-5-11-19-17)13-6-3-2-4-7-13/h2-10,12,15H,11H2,1H3. The predicted octanol–water partition coefficient (Wildman–Crippen LogP) is 3.78. The third-order valence-corrected chi connectivity index (χ3v) is 3.37. The fourth-order valence-electron chi connectivity index (χ4n) is 2.41. The van der Waals surface area contributed by atoms with E-state index in [4.69, 9.17) is 9.47 Å². The number of hydrogen-bond donors (Lipinski definition) is 0. The first-order valence-electron chi connectivity index (χ1n) is 6.41. The summed E-state index contributed by atoms with van der Waals surface area (Å²) in [6.45, 7) is 0.614. The van der Waals surface area contributed by atoms with Gasteiger partial charge in [0.2, 0.25) is 0 Å². The summed E-state index contributed by atoms with van der Waals surface area (Å²) in [5.74, 6) is 2.01. The van der Waals surface area contributed by atoms with Crippen molar-refractivity contribution in [1.29, 1.82) is 0 Å². The summed E-state index contributed by atoms with van der Waals surface area (Å²) in [5, 5.41) is 0. The molecule has 2 aromatic carbocycles. The fraction of sp³-hybridized carbons (Fsp3) is 0.176. The molecule has 0 saturated heterocycles. The number of allylic oxidation sites excluding steroid dienone is 1. The summed E-state index contributed by atoms with van der Waals surface area (Å²) < 4.78 is 11.1. The minimum Gasteiger partial charge on any atom is -0.497 e. The second-order valence-corrected chi connectivity index (χ2v) is 4.53. The first kappa shape index (κ1) is 11.8. The maximum absolute atomic E-state index is 5.76. The fourth-order valence-corrected chi connectivity index (χ4v) is 2.41. The van der Waals surface area contributed by atoms with Crippen molar-refractivity contribution in [1.82, 2.24) is 0 Å². The van der Waals surface area contributed by atoms with Crippen molar-refractivity contribution in [3.8, 4) is 11.5 Å². The van der Waals surface area contributed by atoms with E-state index in [0.29, 0.717) is 6.61 Å². The molecule has 1 aliphatic rings. The summed E-state index contributed by atoms with van der Waals surface area (Å²) >= 11 is 0. The molecular formula is C17H16O2. The van der Waals surface area contributed by atoms with Gasteiger partial charge in [-0.25, -0.2) is 0 Å². The van der Waals surface area contributed by atoms with Crippen LogP contribution in [0, 0.1) is 0 Å². The molecule has 1 aliphatic heterocycles. The quantitative estimate of drug-likeness (QED) is 0.757. The van der Waals surface area contributed by atoms with Crippen LogP contribution in [0.1, 0.15) is 17.0 Å². The van der Waals surface area contributed by atoms with Crippen molar-refractivity contribution in [2.24, 2.45) is 0 Å². The highest BCUT2D eigenvalue weighted by atomic mass is 16.5. The SMILES string of the molecule is COc1ccc2c(c1)C(c1ccccc1)C=CCO2. The smallest absolute Gasteiger partial charge is 0.124 e. The number of fused-ring (bicyclic) bond motifs is 1. The molecule has 0 N–H and O–H groups in total. The zero-order chi connectivity index (χ0) is 13.1. The second-order valence-electron chi connectivity index (χ2n) is 4.53.